The highest BCUT2D eigenvalue weighted by Gasteiger charge is 2.12. The van der Waals surface area contributed by atoms with Crippen molar-refractivity contribution >= 4 is 28.3 Å². The molecule has 160 valence electrons. The molecule has 32 heavy (non-hydrogen) atoms. The van der Waals surface area contributed by atoms with E-state index in [1.54, 1.807) is 0 Å². The van der Waals surface area contributed by atoms with Crippen LogP contribution in [0.25, 0.3) is 16.6 Å². The average molecular weight is 423 g/mol. The molecule has 0 unspecified atom stereocenters. The Morgan fingerprint density at radius 1 is 0.844 bits per heavy atom. The Morgan fingerprint density at radius 3 is 2.16 bits per heavy atom. The predicted octanol–water partition coefficient (Wildman–Crippen LogP) is 4.02. The van der Waals surface area contributed by atoms with E-state index >= 15 is 0 Å². The van der Waals surface area contributed by atoms with E-state index in [1.165, 1.54) is 0 Å². The number of hydrogen-bond acceptors (Lipinski definition) is 3. The maximum absolute atomic E-state index is 7.69. The van der Waals surface area contributed by atoms with Crippen LogP contribution < -0.4 is 16.8 Å². The fraction of sp³-hybridized carbons (Fsp3) is 0.0769. The molecule has 6 nitrogen and oxygen atoms in total. The molecule has 0 aliphatic heterocycles. The molecule has 0 fully saturated rings. The molecule has 6 heteroatoms. The SMILES string of the molecule is C=C(NCc1cccc(C(=N)N)c1)c1cn(Cc2cccc(C(=N)N)c2)c2ccccc12. The third-order valence-corrected chi connectivity index (χ3v) is 5.45. The van der Waals surface area contributed by atoms with Crippen LogP contribution in [0.1, 0.15) is 27.8 Å². The van der Waals surface area contributed by atoms with Gasteiger partial charge in [0, 0.05) is 52.6 Å². The Bertz CT molecular complexity index is 1330. The van der Waals surface area contributed by atoms with E-state index in [1.807, 2.05) is 60.7 Å². The molecule has 0 aliphatic rings. The Hall–Kier alpha value is -4.32. The van der Waals surface area contributed by atoms with Crippen molar-refractivity contribution in [2.45, 2.75) is 13.1 Å². The van der Waals surface area contributed by atoms with Crippen LogP contribution in [0.5, 0.6) is 0 Å². The average Bonchev–Trinajstić information content (AvgIpc) is 3.16. The first-order chi connectivity index (χ1) is 15.4. The quantitative estimate of drug-likeness (QED) is 0.218. The lowest BCUT2D eigenvalue weighted by atomic mass is 10.1. The standard InChI is InChI=1S/C26H26N6/c1-17(31-14-18-6-4-8-20(12-18)25(27)28)23-16-32(24-11-3-2-10-22(23)24)15-19-7-5-9-21(13-19)26(29)30/h2-13,16,31H,1,14-15H2,(H3,27,28)(H3,29,30). The van der Waals surface area contributed by atoms with Crippen LogP contribution in [-0.4, -0.2) is 16.2 Å². The highest BCUT2D eigenvalue weighted by atomic mass is 15.0. The summed E-state index contributed by atoms with van der Waals surface area (Å²) in [6.45, 7) is 5.52. The van der Waals surface area contributed by atoms with Gasteiger partial charge in [0.05, 0.1) is 0 Å². The van der Waals surface area contributed by atoms with Crippen LogP contribution in [-0.2, 0) is 13.1 Å². The highest BCUT2D eigenvalue weighted by Crippen LogP contribution is 2.26. The van der Waals surface area contributed by atoms with Gasteiger partial charge in [-0.05, 0) is 29.3 Å². The van der Waals surface area contributed by atoms with Crippen LogP contribution in [0.4, 0.5) is 0 Å². The number of nitrogens with zero attached hydrogens (tertiary/aromatic N) is 1. The summed E-state index contributed by atoms with van der Waals surface area (Å²) in [5, 5.41) is 19.8. The molecule has 0 bridgehead atoms. The Kier molecular flexibility index (Phi) is 5.77. The summed E-state index contributed by atoms with van der Waals surface area (Å²) in [5.41, 5.74) is 17.8. The molecule has 0 saturated carbocycles. The first-order valence-electron chi connectivity index (χ1n) is 10.3. The number of nitrogens with two attached hydrogens (primary N) is 2. The van der Waals surface area contributed by atoms with E-state index in [2.05, 4.69) is 34.8 Å². The summed E-state index contributed by atoms with van der Waals surface area (Å²) in [4.78, 5) is 0. The van der Waals surface area contributed by atoms with Gasteiger partial charge in [-0.1, -0.05) is 61.2 Å². The van der Waals surface area contributed by atoms with Gasteiger partial charge in [0.25, 0.3) is 0 Å². The Labute approximate surface area is 187 Å². The van der Waals surface area contributed by atoms with Crippen LogP contribution in [0.2, 0.25) is 0 Å². The first-order valence-corrected chi connectivity index (χ1v) is 10.3. The number of aromatic nitrogens is 1. The smallest absolute Gasteiger partial charge is 0.122 e. The molecule has 4 rings (SSSR count). The minimum atomic E-state index is 0.0580. The zero-order valence-electron chi connectivity index (χ0n) is 17.7. The molecule has 1 aromatic heterocycles. The molecular weight excluding hydrogens is 396 g/mol. The second kappa shape index (κ2) is 8.81. The second-order valence-electron chi connectivity index (χ2n) is 7.75. The molecule has 0 atom stereocenters. The Morgan fingerprint density at radius 2 is 1.47 bits per heavy atom. The molecule has 7 N–H and O–H groups in total. The van der Waals surface area contributed by atoms with Gasteiger partial charge in [0.15, 0.2) is 0 Å². The number of para-hydroxylation sites is 1. The van der Waals surface area contributed by atoms with Crippen molar-refractivity contribution in [3.8, 4) is 0 Å². The van der Waals surface area contributed by atoms with E-state index in [-0.39, 0.29) is 11.7 Å². The summed E-state index contributed by atoms with van der Waals surface area (Å²) in [6, 6.07) is 23.6. The number of benzene rings is 3. The first kappa shape index (κ1) is 20.9. The second-order valence-corrected chi connectivity index (χ2v) is 7.75. The van der Waals surface area contributed by atoms with Crippen molar-refractivity contribution in [3.05, 3.63) is 113 Å². The van der Waals surface area contributed by atoms with Gasteiger partial charge >= 0.3 is 0 Å². The van der Waals surface area contributed by atoms with Crippen molar-refractivity contribution < 1.29 is 0 Å². The maximum Gasteiger partial charge on any atom is 0.122 e. The zero-order valence-corrected chi connectivity index (χ0v) is 17.7. The lowest BCUT2D eigenvalue weighted by Crippen LogP contribution is -2.14. The molecule has 0 amide bonds. The van der Waals surface area contributed by atoms with Crippen molar-refractivity contribution in [2.75, 3.05) is 0 Å². The van der Waals surface area contributed by atoms with Crippen molar-refractivity contribution in [1.82, 2.24) is 9.88 Å². The summed E-state index contributed by atoms with van der Waals surface area (Å²) in [7, 11) is 0. The lowest BCUT2D eigenvalue weighted by Gasteiger charge is -2.10. The lowest BCUT2D eigenvalue weighted by molar-refractivity contribution is 0.832. The topological polar surface area (TPSA) is 117 Å². The summed E-state index contributed by atoms with van der Waals surface area (Å²) < 4.78 is 2.19. The van der Waals surface area contributed by atoms with Crippen LogP contribution in [0.15, 0.2) is 85.6 Å². The number of amidine groups is 2. The molecule has 0 aliphatic carbocycles. The fourth-order valence-electron chi connectivity index (χ4n) is 3.80. The molecule has 0 radical (unpaired) electrons. The van der Waals surface area contributed by atoms with E-state index in [4.69, 9.17) is 22.3 Å². The zero-order chi connectivity index (χ0) is 22.7. The van der Waals surface area contributed by atoms with E-state index in [0.29, 0.717) is 18.7 Å². The predicted molar refractivity (Wildman–Crippen MR) is 132 cm³/mol. The summed E-state index contributed by atoms with van der Waals surface area (Å²) in [5.74, 6) is 0.124. The minimum absolute atomic E-state index is 0.0580. The van der Waals surface area contributed by atoms with Gasteiger partial charge in [-0.15, -0.1) is 0 Å². The van der Waals surface area contributed by atoms with Gasteiger partial charge in [-0.25, -0.2) is 0 Å². The Balaban J connectivity index is 1.59. The molecule has 4 aromatic rings. The minimum Gasteiger partial charge on any atom is -0.384 e. The van der Waals surface area contributed by atoms with Crippen molar-refractivity contribution in [3.63, 3.8) is 0 Å². The van der Waals surface area contributed by atoms with Crippen molar-refractivity contribution in [1.29, 1.82) is 10.8 Å². The summed E-state index contributed by atoms with van der Waals surface area (Å²) in [6.07, 6.45) is 2.10. The van der Waals surface area contributed by atoms with E-state index in [9.17, 15) is 0 Å². The highest BCUT2D eigenvalue weighted by molar-refractivity contribution is 5.96. The van der Waals surface area contributed by atoms with Gasteiger partial charge in [0.2, 0.25) is 0 Å². The summed E-state index contributed by atoms with van der Waals surface area (Å²) >= 11 is 0. The molecule has 1 heterocycles. The molecule has 3 aromatic carbocycles. The number of hydrogen-bond donors (Lipinski definition) is 5. The normalized spacial score (nSPS) is 10.8. The third kappa shape index (κ3) is 4.39. The van der Waals surface area contributed by atoms with Crippen LogP contribution in [0, 0.1) is 10.8 Å². The number of fused-ring (bicyclic) bond motifs is 1. The molecule has 0 spiro atoms. The van der Waals surface area contributed by atoms with Gasteiger partial charge < -0.3 is 21.4 Å². The third-order valence-electron chi connectivity index (χ3n) is 5.45. The fourth-order valence-corrected chi connectivity index (χ4v) is 3.80. The van der Waals surface area contributed by atoms with Gasteiger partial charge in [-0.3, -0.25) is 10.8 Å². The van der Waals surface area contributed by atoms with Crippen molar-refractivity contribution in [2.24, 2.45) is 11.5 Å². The largest absolute Gasteiger partial charge is 0.384 e. The van der Waals surface area contributed by atoms with E-state index < -0.39 is 0 Å². The van der Waals surface area contributed by atoms with Crippen LogP contribution in [0.3, 0.4) is 0 Å². The van der Waals surface area contributed by atoms with E-state index in [0.717, 1.165) is 38.9 Å². The van der Waals surface area contributed by atoms with Crippen LogP contribution >= 0.6 is 0 Å². The van der Waals surface area contributed by atoms with Gasteiger partial charge in [0.1, 0.15) is 11.7 Å². The monoisotopic (exact) mass is 422 g/mol. The number of nitrogen functional groups attached to an aromatic ring is 2. The number of rotatable bonds is 8. The molecular formula is C26H26N6. The van der Waals surface area contributed by atoms with Gasteiger partial charge in [-0.2, -0.15) is 0 Å². The molecule has 0 saturated heterocycles. The number of nitrogens with one attached hydrogen (secondary N) is 3. The maximum atomic E-state index is 7.69.